The van der Waals surface area contributed by atoms with Gasteiger partial charge in [-0.3, -0.25) is 9.59 Å². The third kappa shape index (κ3) is 4.58. The van der Waals surface area contributed by atoms with Crippen LogP contribution in [0.4, 0.5) is 11.5 Å². The Labute approximate surface area is 169 Å². The van der Waals surface area contributed by atoms with Gasteiger partial charge >= 0.3 is 0 Å². The van der Waals surface area contributed by atoms with Crippen molar-refractivity contribution in [1.29, 1.82) is 0 Å². The summed E-state index contributed by atoms with van der Waals surface area (Å²) in [6.45, 7) is 0.619. The summed E-state index contributed by atoms with van der Waals surface area (Å²) in [5, 5.41) is 2.76. The third-order valence-electron chi connectivity index (χ3n) is 4.93. The minimum Gasteiger partial charge on any atom is -0.312 e. The minimum atomic E-state index is -0.270. The summed E-state index contributed by atoms with van der Waals surface area (Å²) in [6, 6.07) is 23.2. The number of rotatable bonds is 5. The predicted molar refractivity (Wildman–Crippen MR) is 114 cm³/mol. The molecule has 1 aliphatic rings. The Hall–Kier alpha value is -3.73. The van der Waals surface area contributed by atoms with Crippen molar-refractivity contribution in [1.82, 2.24) is 4.98 Å². The number of anilines is 2. The van der Waals surface area contributed by atoms with Crippen LogP contribution in [0.3, 0.4) is 0 Å². The highest BCUT2D eigenvalue weighted by Gasteiger charge is 2.31. The molecule has 0 saturated carbocycles. The Balaban J connectivity index is 1.44. The van der Waals surface area contributed by atoms with E-state index in [0.29, 0.717) is 18.8 Å². The molecule has 0 spiro atoms. The number of carbonyl (C=O) groups is 2. The number of hydrogen-bond acceptors (Lipinski definition) is 3. The van der Waals surface area contributed by atoms with Crippen molar-refractivity contribution in [2.24, 2.45) is 0 Å². The minimum absolute atomic E-state index is 0.0753. The molecular formula is C24H21N3O2. The van der Waals surface area contributed by atoms with E-state index in [1.165, 1.54) is 6.08 Å². The zero-order valence-electron chi connectivity index (χ0n) is 15.9. The Morgan fingerprint density at radius 3 is 2.52 bits per heavy atom. The van der Waals surface area contributed by atoms with Crippen molar-refractivity contribution in [3.63, 3.8) is 0 Å². The van der Waals surface area contributed by atoms with Gasteiger partial charge in [0.2, 0.25) is 11.8 Å². The van der Waals surface area contributed by atoms with E-state index in [1.807, 2.05) is 48.5 Å². The molecular weight excluding hydrogens is 362 g/mol. The van der Waals surface area contributed by atoms with E-state index in [-0.39, 0.29) is 17.7 Å². The van der Waals surface area contributed by atoms with Crippen molar-refractivity contribution in [2.75, 3.05) is 16.8 Å². The van der Waals surface area contributed by atoms with Crippen molar-refractivity contribution in [2.45, 2.75) is 12.3 Å². The lowest BCUT2D eigenvalue weighted by Crippen LogP contribution is -2.24. The Morgan fingerprint density at radius 1 is 1.03 bits per heavy atom. The van der Waals surface area contributed by atoms with Gasteiger partial charge < -0.3 is 10.2 Å². The van der Waals surface area contributed by atoms with Crippen LogP contribution in [0.5, 0.6) is 0 Å². The maximum atomic E-state index is 12.6. The Kier molecular flexibility index (Phi) is 5.47. The smallest absolute Gasteiger partial charge is 0.249 e. The number of amides is 2. The highest BCUT2D eigenvalue weighted by molar-refractivity contribution is 6.02. The lowest BCUT2D eigenvalue weighted by molar-refractivity contribution is -0.117. The van der Waals surface area contributed by atoms with Gasteiger partial charge in [0.15, 0.2) is 0 Å². The first kappa shape index (κ1) is 18.6. The molecule has 2 amide bonds. The fraction of sp³-hybridized carbons (Fsp3) is 0.125. The Bertz CT molecular complexity index is 1030. The van der Waals surface area contributed by atoms with Crippen LogP contribution in [0.1, 0.15) is 23.5 Å². The predicted octanol–water partition coefficient (Wildman–Crippen LogP) is 4.25. The zero-order valence-corrected chi connectivity index (χ0v) is 15.9. The fourth-order valence-electron chi connectivity index (χ4n) is 3.47. The van der Waals surface area contributed by atoms with Crippen LogP contribution in [0.2, 0.25) is 0 Å². The highest BCUT2D eigenvalue weighted by atomic mass is 16.2. The van der Waals surface area contributed by atoms with Gasteiger partial charge in [-0.05, 0) is 23.3 Å². The number of nitrogens with one attached hydrogen (secondary N) is 1. The van der Waals surface area contributed by atoms with Gasteiger partial charge in [-0.1, -0.05) is 60.7 Å². The highest BCUT2D eigenvalue weighted by Crippen LogP contribution is 2.32. The lowest BCUT2D eigenvalue weighted by atomic mass is 9.99. The first-order valence-corrected chi connectivity index (χ1v) is 9.54. The largest absolute Gasteiger partial charge is 0.312 e. The second kappa shape index (κ2) is 8.52. The molecule has 1 N–H and O–H groups in total. The number of benzene rings is 2. The number of pyridine rings is 1. The van der Waals surface area contributed by atoms with Crippen molar-refractivity contribution < 1.29 is 9.59 Å². The number of carbonyl (C=O) groups excluding carboxylic acids is 2. The van der Waals surface area contributed by atoms with Gasteiger partial charge in [0.05, 0.1) is 0 Å². The summed E-state index contributed by atoms with van der Waals surface area (Å²) in [5.41, 5.74) is 2.85. The molecule has 1 unspecified atom stereocenters. The van der Waals surface area contributed by atoms with Crippen LogP contribution >= 0.6 is 0 Å². The first-order valence-electron chi connectivity index (χ1n) is 9.54. The molecule has 1 fully saturated rings. The summed E-state index contributed by atoms with van der Waals surface area (Å²) in [5.74, 6) is 0.393. The van der Waals surface area contributed by atoms with Gasteiger partial charge in [-0.2, -0.15) is 0 Å². The van der Waals surface area contributed by atoms with Crippen LogP contribution in [0, 0.1) is 0 Å². The van der Waals surface area contributed by atoms with Crippen molar-refractivity contribution in [3.05, 3.63) is 96.2 Å². The second-order valence-corrected chi connectivity index (χ2v) is 6.95. The first-order chi connectivity index (χ1) is 14.2. The number of aromatic nitrogens is 1. The average Bonchev–Trinajstić information content (AvgIpc) is 3.15. The van der Waals surface area contributed by atoms with Gasteiger partial charge in [0.25, 0.3) is 0 Å². The number of hydrogen-bond donors (Lipinski definition) is 1. The van der Waals surface area contributed by atoms with E-state index in [1.54, 1.807) is 29.3 Å². The molecule has 2 heterocycles. The van der Waals surface area contributed by atoms with Crippen LogP contribution < -0.4 is 10.2 Å². The van der Waals surface area contributed by atoms with Crippen LogP contribution in [0.15, 0.2) is 85.1 Å². The van der Waals surface area contributed by atoms with Gasteiger partial charge in [-0.15, -0.1) is 0 Å². The summed E-state index contributed by atoms with van der Waals surface area (Å²) >= 11 is 0. The molecule has 3 aromatic rings. The lowest BCUT2D eigenvalue weighted by Gasteiger charge is -2.17. The third-order valence-corrected chi connectivity index (χ3v) is 4.93. The van der Waals surface area contributed by atoms with E-state index in [2.05, 4.69) is 22.4 Å². The molecule has 5 nitrogen and oxygen atoms in total. The normalized spacial score (nSPS) is 16.3. The summed E-state index contributed by atoms with van der Waals surface area (Å²) in [7, 11) is 0. The standard InChI is InChI=1S/C24H21N3O2/c28-23(12-11-18-7-3-1-4-8-18)26-22-16-21(13-14-25-22)27-17-20(15-24(27)29)19-9-5-2-6-10-19/h1-14,16,20H,15,17H2,(H,25,26,28). The zero-order chi connectivity index (χ0) is 20.1. The van der Waals surface area contributed by atoms with E-state index < -0.39 is 0 Å². The molecule has 5 heteroatoms. The van der Waals surface area contributed by atoms with E-state index >= 15 is 0 Å². The number of nitrogens with zero attached hydrogens (tertiary/aromatic N) is 2. The van der Waals surface area contributed by atoms with Crippen LogP contribution in [0.25, 0.3) is 6.08 Å². The van der Waals surface area contributed by atoms with Crippen molar-refractivity contribution in [3.8, 4) is 0 Å². The molecule has 1 saturated heterocycles. The molecule has 2 aromatic carbocycles. The molecule has 29 heavy (non-hydrogen) atoms. The second-order valence-electron chi connectivity index (χ2n) is 6.95. The van der Waals surface area contributed by atoms with E-state index in [4.69, 9.17) is 0 Å². The molecule has 1 aromatic heterocycles. The topological polar surface area (TPSA) is 62.3 Å². The van der Waals surface area contributed by atoms with Crippen LogP contribution in [-0.4, -0.2) is 23.3 Å². The summed E-state index contributed by atoms with van der Waals surface area (Å²) < 4.78 is 0. The maximum absolute atomic E-state index is 12.6. The summed E-state index contributed by atoms with van der Waals surface area (Å²) in [6.07, 6.45) is 5.30. The molecule has 0 aliphatic carbocycles. The fourth-order valence-corrected chi connectivity index (χ4v) is 3.47. The Morgan fingerprint density at radius 2 is 1.76 bits per heavy atom. The van der Waals surface area contributed by atoms with E-state index in [0.717, 1.165) is 16.8 Å². The van der Waals surface area contributed by atoms with Crippen LogP contribution in [-0.2, 0) is 9.59 Å². The quantitative estimate of drug-likeness (QED) is 0.670. The monoisotopic (exact) mass is 383 g/mol. The molecule has 4 rings (SSSR count). The molecule has 0 radical (unpaired) electrons. The average molecular weight is 383 g/mol. The van der Waals surface area contributed by atoms with Gasteiger partial charge in [0.1, 0.15) is 5.82 Å². The molecule has 144 valence electrons. The van der Waals surface area contributed by atoms with Gasteiger partial charge in [-0.25, -0.2) is 4.98 Å². The van der Waals surface area contributed by atoms with Gasteiger partial charge in [0, 0.05) is 42.9 Å². The summed E-state index contributed by atoms with van der Waals surface area (Å²) in [4.78, 5) is 30.7. The molecule has 0 bridgehead atoms. The molecule has 1 atom stereocenters. The molecule has 1 aliphatic heterocycles. The maximum Gasteiger partial charge on any atom is 0.249 e. The van der Waals surface area contributed by atoms with E-state index in [9.17, 15) is 9.59 Å². The SMILES string of the molecule is O=C(C=Cc1ccccc1)Nc1cc(N2CC(c3ccccc3)CC2=O)ccn1. The van der Waals surface area contributed by atoms with Crippen molar-refractivity contribution >= 4 is 29.4 Å².